The molecule has 2 aromatic rings. The van der Waals surface area contributed by atoms with Crippen molar-refractivity contribution in [1.82, 2.24) is 0 Å². The van der Waals surface area contributed by atoms with Crippen molar-refractivity contribution in [2.24, 2.45) is 0 Å². The van der Waals surface area contributed by atoms with Crippen molar-refractivity contribution >= 4 is 11.6 Å². The fourth-order valence-electron chi connectivity index (χ4n) is 1.66. The van der Waals surface area contributed by atoms with Crippen molar-refractivity contribution in [1.29, 1.82) is 0 Å². The third kappa shape index (κ3) is 3.46. The van der Waals surface area contributed by atoms with E-state index in [1.807, 2.05) is 18.2 Å². The molecule has 2 aromatic carbocycles. The predicted octanol–water partition coefficient (Wildman–Crippen LogP) is 4.11. The highest BCUT2D eigenvalue weighted by atomic mass is 35.5. The molecule has 0 aliphatic rings. The molecule has 0 saturated heterocycles. The summed E-state index contributed by atoms with van der Waals surface area (Å²) in [5.74, 6) is -0.352. The molecular formula is C15H14ClFO2. The monoisotopic (exact) mass is 280 g/mol. The zero-order chi connectivity index (χ0) is 13.8. The van der Waals surface area contributed by atoms with Crippen LogP contribution in [0.2, 0.25) is 5.02 Å². The third-order valence-corrected chi connectivity index (χ3v) is 3.15. The normalized spacial score (nSPS) is 12.2. The number of aliphatic hydroxyl groups is 1. The van der Waals surface area contributed by atoms with Crippen molar-refractivity contribution in [3.63, 3.8) is 0 Å². The number of ether oxygens (including phenoxy) is 1. The first-order valence-corrected chi connectivity index (χ1v) is 6.29. The molecule has 2 nitrogen and oxygen atoms in total. The second-order valence-electron chi connectivity index (χ2n) is 4.25. The molecule has 0 heterocycles. The van der Waals surface area contributed by atoms with Gasteiger partial charge in [0.2, 0.25) is 0 Å². The number of aliphatic hydroxyl groups excluding tert-OH is 1. The highest BCUT2D eigenvalue weighted by Crippen LogP contribution is 2.24. The molecule has 1 N–H and O–H groups in total. The molecule has 0 bridgehead atoms. The Bertz CT molecular complexity index is 570. The molecule has 0 spiro atoms. The van der Waals surface area contributed by atoms with Crippen molar-refractivity contribution in [3.8, 4) is 5.75 Å². The number of hydrogen-bond donors (Lipinski definition) is 1. The molecular weight excluding hydrogens is 267 g/mol. The standard InChI is InChI=1S/C15H14ClFO2/c1-10(18)11-6-7-15(14(17)8-11)19-9-12-4-2-3-5-13(12)16/h2-8,10,18H,9H2,1H3/t10-/m0/s1. The van der Waals surface area contributed by atoms with Gasteiger partial charge in [0, 0.05) is 10.6 Å². The highest BCUT2D eigenvalue weighted by Gasteiger charge is 2.08. The molecule has 0 unspecified atom stereocenters. The Labute approximate surface area is 116 Å². The largest absolute Gasteiger partial charge is 0.486 e. The summed E-state index contributed by atoms with van der Waals surface area (Å²) >= 11 is 5.99. The first-order valence-electron chi connectivity index (χ1n) is 5.91. The summed E-state index contributed by atoms with van der Waals surface area (Å²) < 4.78 is 19.1. The molecule has 0 aliphatic heterocycles. The van der Waals surface area contributed by atoms with E-state index in [2.05, 4.69) is 0 Å². The average molecular weight is 281 g/mol. The number of halogens is 2. The second kappa shape index (κ2) is 6.04. The van der Waals surface area contributed by atoms with Gasteiger partial charge in [-0.2, -0.15) is 0 Å². The highest BCUT2D eigenvalue weighted by molar-refractivity contribution is 6.31. The summed E-state index contributed by atoms with van der Waals surface area (Å²) in [5.41, 5.74) is 1.31. The lowest BCUT2D eigenvalue weighted by molar-refractivity contribution is 0.198. The van der Waals surface area contributed by atoms with E-state index in [0.29, 0.717) is 10.6 Å². The maximum absolute atomic E-state index is 13.7. The van der Waals surface area contributed by atoms with Crippen molar-refractivity contribution in [3.05, 3.63) is 64.4 Å². The van der Waals surface area contributed by atoms with E-state index in [0.717, 1.165) is 5.56 Å². The number of hydrogen-bond acceptors (Lipinski definition) is 2. The lowest BCUT2D eigenvalue weighted by Gasteiger charge is -2.10. The van der Waals surface area contributed by atoms with Gasteiger partial charge in [0.25, 0.3) is 0 Å². The zero-order valence-electron chi connectivity index (χ0n) is 10.4. The van der Waals surface area contributed by atoms with E-state index < -0.39 is 11.9 Å². The quantitative estimate of drug-likeness (QED) is 0.913. The molecule has 4 heteroatoms. The molecule has 100 valence electrons. The SMILES string of the molecule is C[C@H](O)c1ccc(OCc2ccccc2Cl)c(F)c1. The van der Waals surface area contributed by atoms with Gasteiger partial charge in [-0.05, 0) is 30.7 Å². The molecule has 0 radical (unpaired) electrons. The Balaban J connectivity index is 2.10. The third-order valence-electron chi connectivity index (χ3n) is 2.78. The Kier molecular flexibility index (Phi) is 4.40. The maximum atomic E-state index is 13.7. The summed E-state index contributed by atoms with van der Waals surface area (Å²) in [4.78, 5) is 0. The maximum Gasteiger partial charge on any atom is 0.165 e. The van der Waals surface area contributed by atoms with Crippen LogP contribution in [0.1, 0.15) is 24.2 Å². The van der Waals surface area contributed by atoms with Gasteiger partial charge in [0.15, 0.2) is 11.6 Å². The van der Waals surface area contributed by atoms with E-state index in [-0.39, 0.29) is 12.4 Å². The molecule has 1 atom stereocenters. The van der Waals surface area contributed by atoms with Crippen LogP contribution in [0, 0.1) is 5.82 Å². The second-order valence-corrected chi connectivity index (χ2v) is 4.65. The minimum atomic E-state index is -0.702. The van der Waals surface area contributed by atoms with Crippen LogP contribution in [0.25, 0.3) is 0 Å². The molecule has 0 saturated carbocycles. The molecule has 0 aliphatic carbocycles. The van der Waals surface area contributed by atoms with Crippen molar-refractivity contribution < 1.29 is 14.2 Å². The molecule has 0 fully saturated rings. The van der Waals surface area contributed by atoms with Crippen LogP contribution in [0.4, 0.5) is 4.39 Å². The van der Waals surface area contributed by atoms with E-state index in [4.69, 9.17) is 16.3 Å². The van der Waals surface area contributed by atoms with Gasteiger partial charge in [0.1, 0.15) is 6.61 Å². The van der Waals surface area contributed by atoms with Gasteiger partial charge in [-0.15, -0.1) is 0 Å². The Hall–Kier alpha value is -1.58. The molecule has 0 aromatic heterocycles. The van der Waals surface area contributed by atoms with Crippen LogP contribution in [0.15, 0.2) is 42.5 Å². The summed E-state index contributed by atoms with van der Waals surface area (Å²) in [6, 6.07) is 11.7. The topological polar surface area (TPSA) is 29.5 Å². The van der Waals surface area contributed by atoms with Gasteiger partial charge in [0.05, 0.1) is 6.10 Å². The van der Waals surface area contributed by atoms with Gasteiger partial charge < -0.3 is 9.84 Å². The zero-order valence-corrected chi connectivity index (χ0v) is 11.2. The molecule has 0 amide bonds. The van der Waals surface area contributed by atoms with Gasteiger partial charge >= 0.3 is 0 Å². The summed E-state index contributed by atoms with van der Waals surface area (Å²) in [7, 11) is 0. The van der Waals surface area contributed by atoms with E-state index in [9.17, 15) is 9.50 Å². The summed E-state index contributed by atoms with van der Waals surface area (Å²) in [6.07, 6.45) is -0.702. The number of benzene rings is 2. The van der Waals surface area contributed by atoms with Crippen LogP contribution < -0.4 is 4.74 Å². The number of rotatable bonds is 4. The Morgan fingerprint density at radius 2 is 2.00 bits per heavy atom. The Morgan fingerprint density at radius 1 is 1.26 bits per heavy atom. The fourth-order valence-corrected chi connectivity index (χ4v) is 1.86. The van der Waals surface area contributed by atoms with E-state index in [1.165, 1.54) is 12.1 Å². The van der Waals surface area contributed by atoms with Gasteiger partial charge in [-0.25, -0.2) is 4.39 Å². The van der Waals surface area contributed by atoms with Crippen LogP contribution >= 0.6 is 11.6 Å². The first kappa shape index (κ1) is 13.8. The lowest BCUT2D eigenvalue weighted by Crippen LogP contribution is -1.99. The van der Waals surface area contributed by atoms with Crippen LogP contribution in [0.5, 0.6) is 5.75 Å². The summed E-state index contributed by atoms with van der Waals surface area (Å²) in [6.45, 7) is 1.78. The minimum Gasteiger partial charge on any atom is -0.486 e. The average Bonchev–Trinajstić information content (AvgIpc) is 2.39. The lowest BCUT2D eigenvalue weighted by atomic mass is 10.1. The van der Waals surface area contributed by atoms with Gasteiger partial charge in [-0.1, -0.05) is 35.9 Å². The van der Waals surface area contributed by atoms with Crippen LogP contribution in [-0.2, 0) is 6.61 Å². The fraction of sp³-hybridized carbons (Fsp3) is 0.200. The predicted molar refractivity (Wildman–Crippen MR) is 72.8 cm³/mol. The Morgan fingerprint density at radius 3 is 2.63 bits per heavy atom. The van der Waals surface area contributed by atoms with Crippen LogP contribution in [-0.4, -0.2) is 5.11 Å². The van der Waals surface area contributed by atoms with E-state index >= 15 is 0 Å². The van der Waals surface area contributed by atoms with E-state index in [1.54, 1.807) is 19.1 Å². The van der Waals surface area contributed by atoms with Crippen LogP contribution in [0.3, 0.4) is 0 Å². The first-order chi connectivity index (χ1) is 9.08. The summed E-state index contributed by atoms with van der Waals surface area (Å²) in [5, 5.41) is 9.94. The minimum absolute atomic E-state index is 0.143. The van der Waals surface area contributed by atoms with Crippen molar-refractivity contribution in [2.45, 2.75) is 19.6 Å². The molecule has 19 heavy (non-hydrogen) atoms. The van der Waals surface area contributed by atoms with Gasteiger partial charge in [-0.3, -0.25) is 0 Å². The molecule has 2 rings (SSSR count). The smallest absolute Gasteiger partial charge is 0.165 e. The van der Waals surface area contributed by atoms with Crippen molar-refractivity contribution in [2.75, 3.05) is 0 Å².